The highest BCUT2D eigenvalue weighted by Gasteiger charge is 2.04. The fourth-order valence-corrected chi connectivity index (χ4v) is 0.832. The molecule has 0 spiro atoms. The third-order valence-electron chi connectivity index (χ3n) is 1.90. The van der Waals surface area contributed by atoms with Crippen LogP contribution in [0.2, 0.25) is 0 Å². The predicted octanol–water partition coefficient (Wildman–Crippen LogP) is 0.938. The van der Waals surface area contributed by atoms with Crippen molar-refractivity contribution in [3.8, 4) is 0 Å². The number of carboxylic acid groups (broad SMARTS) is 1. The Morgan fingerprint density at radius 1 is 1.33 bits per heavy atom. The standard InChI is InChI=1S/C8H18N2O2/c1-4-9(2)6-5-7-10(3)8(11)12/h4-7H2,1-3H3,(H,11,12). The average Bonchev–Trinajstić information content (AvgIpc) is 2.03. The molecule has 0 aliphatic heterocycles. The predicted molar refractivity (Wildman–Crippen MR) is 48.4 cm³/mol. The van der Waals surface area contributed by atoms with Crippen molar-refractivity contribution in [2.24, 2.45) is 0 Å². The van der Waals surface area contributed by atoms with Crippen LogP contribution in [0.15, 0.2) is 0 Å². The Labute approximate surface area is 73.8 Å². The van der Waals surface area contributed by atoms with Crippen molar-refractivity contribution in [1.29, 1.82) is 0 Å². The molecule has 0 aromatic heterocycles. The minimum absolute atomic E-state index is 0.611. The second kappa shape index (κ2) is 5.83. The van der Waals surface area contributed by atoms with E-state index in [-0.39, 0.29) is 0 Å². The second-order valence-electron chi connectivity index (χ2n) is 2.95. The molecule has 0 aliphatic rings. The first-order valence-electron chi connectivity index (χ1n) is 4.20. The van der Waals surface area contributed by atoms with E-state index in [1.54, 1.807) is 7.05 Å². The van der Waals surface area contributed by atoms with Crippen LogP contribution in [0.5, 0.6) is 0 Å². The normalized spacial score (nSPS) is 10.3. The largest absolute Gasteiger partial charge is 0.465 e. The Morgan fingerprint density at radius 2 is 1.92 bits per heavy atom. The van der Waals surface area contributed by atoms with E-state index in [1.807, 2.05) is 7.05 Å². The van der Waals surface area contributed by atoms with Gasteiger partial charge in [-0.25, -0.2) is 4.79 Å². The van der Waals surface area contributed by atoms with Gasteiger partial charge in [0.25, 0.3) is 0 Å². The topological polar surface area (TPSA) is 43.8 Å². The average molecular weight is 174 g/mol. The summed E-state index contributed by atoms with van der Waals surface area (Å²) in [5.74, 6) is 0. The number of amides is 1. The molecular formula is C8H18N2O2. The number of carbonyl (C=O) groups is 1. The smallest absolute Gasteiger partial charge is 0.407 e. The van der Waals surface area contributed by atoms with Crippen molar-refractivity contribution in [2.75, 3.05) is 33.7 Å². The quantitative estimate of drug-likeness (QED) is 0.674. The molecule has 0 fully saturated rings. The van der Waals surface area contributed by atoms with Gasteiger partial charge in [-0.15, -0.1) is 0 Å². The third kappa shape index (κ3) is 4.96. The highest BCUT2D eigenvalue weighted by Crippen LogP contribution is 1.90. The van der Waals surface area contributed by atoms with Gasteiger partial charge in [0.1, 0.15) is 0 Å². The molecule has 0 heterocycles. The Morgan fingerprint density at radius 3 is 2.33 bits per heavy atom. The highest BCUT2D eigenvalue weighted by atomic mass is 16.4. The van der Waals surface area contributed by atoms with E-state index in [1.165, 1.54) is 4.90 Å². The van der Waals surface area contributed by atoms with E-state index in [0.717, 1.165) is 19.5 Å². The third-order valence-corrected chi connectivity index (χ3v) is 1.90. The van der Waals surface area contributed by atoms with E-state index >= 15 is 0 Å². The van der Waals surface area contributed by atoms with Crippen LogP contribution in [0.3, 0.4) is 0 Å². The molecule has 0 atom stereocenters. The fourth-order valence-electron chi connectivity index (χ4n) is 0.832. The van der Waals surface area contributed by atoms with Crippen molar-refractivity contribution in [2.45, 2.75) is 13.3 Å². The van der Waals surface area contributed by atoms with Crippen LogP contribution in [0.1, 0.15) is 13.3 Å². The molecule has 72 valence electrons. The maximum Gasteiger partial charge on any atom is 0.407 e. The minimum Gasteiger partial charge on any atom is -0.465 e. The van der Waals surface area contributed by atoms with Crippen LogP contribution in [0.4, 0.5) is 4.79 Å². The molecule has 1 N–H and O–H groups in total. The van der Waals surface area contributed by atoms with E-state index in [9.17, 15) is 4.79 Å². The van der Waals surface area contributed by atoms with Crippen LogP contribution in [0.25, 0.3) is 0 Å². The Hall–Kier alpha value is -0.770. The van der Waals surface area contributed by atoms with Crippen molar-refractivity contribution in [3.05, 3.63) is 0 Å². The van der Waals surface area contributed by atoms with Gasteiger partial charge in [-0.3, -0.25) is 0 Å². The zero-order valence-electron chi connectivity index (χ0n) is 8.08. The van der Waals surface area contributed by atoms with Crippen LogP contribution in [0, 0.1) is 0 Å². The van der Waals surface area contributed by atoms with Gasteiger partial charge < -0.3 is 14.9 Å². The highest BCUT2D eigenvalue weighted by molar-refractivity contribution is 5.64. The number of hydrogen-bond donors (Lipinski definition) is 1. The Balaban J connectivity index is 3.37. The number of hydrogen-bond acceptors (Lipinski definition) is 2. The SMILES string of the molecule is CCN(C)CCCN(C)C(=O)O. The molecule has 0 aliphatic carbocycles. The molecule has 1 amide bonds. The lowest BCUT2D eigenvalue weighted by atomic mass is 10.4. The second-order valence-corrected chi connectivity index (χ2v) is 2.95. The number of nitrogens with zero attached hydrogens (tertiary/aromatic N) is 2. The van der Waals surface area contributed by atoms with Gasteiger partial charge in [0, 0.05) is 13.6 Å². The lowest BCUT2D eigenvalue weighted by Gasteiger charge is -2.16. The summed E-state index contributed by atoms with van der Waals surface area (Å²) in [6, 6.07) is 0. The van der Waals surface area contributed by atoms with E-state index < -0.39 is 6.09 Å². The lowest BCUT2D eigenvalue weighted by molar-refractivity contribution is 0.154. The van der Waals surface area contributed by atoms with Gasteiger partial charge in [-0.05, 0) is 26.6 Å². The van der Waals surface area contributed by atoms with Gasteiger partial charge in [-0.1, -0.05) is 6.92 Å². The maximum atomic E-state index is 10.4. The summed E-state index contributed by atoms with van der Waals surface area (Å²) in [7, 11) is 3.62. The van der Waals surface area contributed by atoms with Crippen LogP contribution in [-0.2, 0) is 0 Å². The summed E-state index contributed by atoms with van der Waals surface area (Å²) in [4.78, 5) is 13.8. The van der Waals surface area contributed by atoms with Gasteiger partial charge >= 0.3 is 6.09 Å². The zero-order chi connectivity index (χ0) is 9.56. The summed E-state index contributed by atoms with van der Waals surface area (Å²) in [5.41, 5.74) is 0. The minimum atomic E-state index is -0.853. The Kier molecular flexibility index (Phi) is 5.45. The summed E-state index contributed by atoms with van der Waals surface area (Å²) in [6.07, 6.45) is 0.0433. The van der Waals surface area contributed by atoms with Crippen molar-refractivity contribution >= 4 is 6.09 Å². The van der Waals surface area contributed by atoms with Crippen LogP contribution < -0.4 is 0 Å². The van der Waals surface area contributed by atoms with Gasteiger partial charge in [0.15, 0.2) is 0 Å². The molecule has 12 heavy (non-hydrogen) atoms. The summed E-state index contributed by atoms with van der Waals surface area (Å²) >= 11 is 0. The van der Waals surface area contributed by atoms with E-state index in [2.05, 4.69) is 11.8 Å². The van der Waals surface area contributed by atoms with E-state index in [0.29, 0.717) is 6.54 Å². The molecule has 0 unspecified atom stereocenters. The Bertz CT molecular complexity index is 139. The summed E-state index contributed by atoms with van der Waals surface area (Å²) in [6.45, 7) is 4.66. The van der Waals surface area contributed by atoms with Gasteiger partial charge in [0.05, 0.1) is 0 Å². The molecule has 0 radical (unpaired) electrons. The molecule has 0 saturated heterocycles. The molecule has 4 heteroatoms. The zero-order valence-corrected chi connectivity index (χ0v) is 8.08. The molecule has 0 saturated carbocycles. The molecule has 0 aromatic rings. The van der Waals surface area contributed by atoms with Crippen molar-refractivity contribution in [3.63, 3.8) is 0 Å². The van der Waals surface area contributed by atoms with Gasteiger partial charge in [0.2, 0.25) is 0 Å². The first-order chi connectivity index (χ1) is 5.57. The first-order valence-corrected chi connectivity index (χ1v) is 4.20. The van der Waals surface area contributed by atoms with Crippen molar-refractivity contribution < 1.29 is 9.90 Å². The summed E-state index contributed by atoms with van der Waals surface area (Å²) < 4.78 is 0. The fraction of sp³-hybridized carbons (Fsp3) is 0.875. The monoisotopic (exact) mass is 174 g/mol. The van der Waals surface area contributed by atoms with Crippen LogP contribution in [-0.4, -0.2) is 54.7 Å². The van der Waals surface area contributed by atoms with Gasteiger partial charge in [-0.2, -0.15) is 0 Å². The lowest BCUT2D eigenvalue weighted by Crippen LogP contribution is -2.29. The first kappa shape index (κ1) is 11.2. The number of rotatable bonds is 5. The van der Waals surface area contributed by atoms with Crippen LogP contribution >= 0.6 is 0 Å². The molecule has 0 rings (SSSR count). The maximum absolute atomic E-state index is 10.4. The molecule has 0 aromatic carbocycles. The molecule has 0 bridgehead atoms. The van der Waals surface area contributed by atoms with Crippen molar-refractivity contribution in [1.82, 2.24) is 9.80 Å². The molecular weight excluding hydrogens is 156 g/mol. The summed E-state index contributed by atoms with van der Waals surface area (Å²) in [5, 5.41) is 8.52. The molecule has 4 nitrogen and oxygen atoms in total. The van der Waals surface area contributed by atoms with E-state index in [4.69, 9.17) is 5.11 Å².